The molecular weight excluding hydrogens is 268 g/mol. The van der Waals surface area contributed by atoms with Crippen LogP contribution in [0.4, 0.5) is 5.69 Å². The summed E-state index contributed by atoms with van der Waals surface area (Å²) in [6.07, 6.45) is 2.76. The fourth-order valence-electron chi connectivity index (χ4n) is 2.54. The molecule has 0 spiro atoms. The van der Waals surface area contributed by atoms with Crippen LogP contribution in [0.5, 0.6) is 0 Å². The number of nitrogens with zero attached hydrogens (tertiary/aromatic N) is 1. The van der Waals surface area contributed by atoms with Gasteiger partial charge in [0.2, 0.25) is 11.8 Å². The van der Waals surface area contributed by atoms with Gasteiger partial charge in [-0.15, -0.1) is 0 Å². The molecule has 1 aromatic rings. The van der Waals surface area contributed by atoms with Crippen LogP contribution in [-0.4, -0.2) is 34.9 Å². The summed E-state index contributed by atoms with van der Waals surface area (Å²) in [5.74, 6) is -0.176. The zero-order valence-electron chi connectivity index (χ0n) is 12.3. The highest BCUT2D eigenvalue weighted by Gasteiger charge is 2.19. The lowest BCUT2D eigenvalue weighted by atomic mass is 10.1. The van der Waals surface area contributed by atoms with Crippen molar-refractivity contribution in [2.24, 2.45) is 0 Å². The maximum atomic E-state index is 12.1. The molecule has 0 aromatic heterocycles. The van der Waals surface area contributed by atoms with Crippen molar-refractivity contribution in [1.29, 1.82) is 0 Å². The smallest absolute Gasteiger partial charge is 0.244 e. The summed E-state index contributed by atoms with van der Waals surface area (Å²) < 4.78 is 0. The average Bonchev–Trinajstić information content (AvgIpc) is 2.64. The van der Waals surface area contributed by atoms with E-state index in [1.807, 2.05) is 6.07 Å². The van der Waals surface area contributed by atoms with Crippen molar-refractivity contribution < 1.29 is 14.7 Å². The molecule has 2 amide bonds. The maximum absolute atomic E-state index is 12.1. The molecule has 1 saturated heterocycles. The van der Waals surface area contributed by atoms with Gasteiger partial charge in [0.05, 0.1) is 12.6 Å². The molecule has 1 aliphatic heterocycles. The Morgan fingerprint density at radius 2 is 2.10 bits per heavy atom. The molecule has 1 heterocycles. The number of carbonyl (C=O) groups is 2. The third kappa shape index (κ3) is 4.29. The lowest BCUT2D eigenvalue weighted by molar-refractivity contribution is -0.134. The topological polar surface area (TPSA) is 69.6 Å². The highest BCUT2D eigenvalue weighted by Crippen LogP contribution is 2.22. The number of carbonyl (C=O) groups excluding carboxylic acids is 2. The number of hydrogen-bond donors (Lipinski definition) is 2. The van der Waals surface area contributed by atoms with Crippen molar-refractivity contribution in [3.63, 3.8) is 0 Å². The molecule has 0 bridgehead atoms. The van der Waals surface area contributed by atoms with E-state index < -0.39 is 6.10 Å². The van der Waals surface area contributed by atoms with Crippen LogP contribution in [0.15, 0.2) is 24.3 Å². The van der Waals surface area contributed by atoms with E-state index in [1.165, 1.54) is 0 Å². The molecule has 0 aliphatic carbocycles. The summed E-state index contributed by atoms with van der Waals surface area (Å²) in [7, 11) is 0. The van der Waals surface area contributed by atoms with E-state index in [9.17, 15) is 14.7 Å². The van der Waals surface area contributed by atoms with Crippen LogP contribution in [-0.2, 0) is 9.59 Å². The minimum absolute atomic E-state index is 0.0476. The summed E-state index contributed by atoms with van der Waals surface area (Å²) in [5, 5.41) is 12.5. The average molecular weight is 290 g/mol. The van der Waals surface area contributed by atoms with Gasteiger partial charge in [0.15, 0.2) is 0 Å². The van der Waals surface area contributed by atoms with E-state index in [0.717, 1.165) is 19.3 Å². The van der Waals surface area contributed by atoms with Crippen molar-refractivity contribution in [2.75, 3.05) is 18.4 Å². The van der Waals surface area contributed by atoms with Crippen LogP contribution in [0, 0.1) is 0 Å². The molecule has 2 rings (SSSR count). The molecule has 0 saturated carbocycles. The molecule has 114 valence electrons. The third-order valence-corrected chi connectivity index (χ3v) is 3.69. The first kappa shape index (κ1) is 15.5. The number of para-hydroxylation sites is 1. The minimum atomic E-state index is -0.652. The van der Waals surface area contributed by atoms with Gasteiger partial charge in [-0.1, -0.05) is 24.6 Å². The fraction of sp³-hybridized carbons (Fsp3) is 0.500. The molecule has 1 fully saturated rings. The SMILES string of the molecule is CC(O)c1ccccc1NC(=O)CN1CCCCCC1=O. The molecule has 1 aliphatic rings. The van der Waals surface area contributed by atoms with Crippen LogP contribution in [0.1, 0.15) is 44.3 Å². The zero-order valence-corrected chi connectivity index (χ0v) is 12.3. The van der Waals surface area contributed by atoms with Crippen molar-refractivity contribution >= 4 is 17.5 Å². The Bertz CT molecular complexity index is 514. The number of rotatable bonds is 4. The molecule has 21 heavy (non-hydrogen) atoms. The van der Waals surface area contributed by atoms with Crippen molar-refractivity contribution in [1.82, 2.24) is 4.90 Å². The van der Waals surface area contributed by atoms with Crippen LogP contribution >= 0.6 is 0 Å². The van der Waals surface area contributed by atoms with Crippen LogP contribution in [0.3, 0.4) is 0 Å². The molecule has 0 radical (unpaired) electrons. The Morgan fingerprint density at radius 1 is 1.33 bits per heavy atom. The molecule has 1 atom stereocenters. The monoisotopic (exact) mass is 290 g/mol. The Morgan fingerprint density at radius 3 is 2.86 bits per heavy atom. The molecule has 5 nitrogen and oxygen atoms in total. The second kappa shape index (κ2) is 7.22. The highest BCUT2D eigenvalue weighted by atomic mass is 16.3. The van der Waals surface area contributed by atoms with Crippen molar-refractivity contribution in [3.05, 3.63) is 29.8 Å². The Balaban J connectivity index is 2.00. The molecule has 2 N–H and O–H groups in total. The summed E-state index contributed by atoms with van der Waals surface area (Å²) in [4.78, 5) is 25.6. The van der Waals surface area contributed by atoms with Gasteiger partial charge < -0.3 is 15.3 Å². The largest absolute Gasteiger partial charge is 0.389 e. The Kier molecular flexibility index (Phi) is 5.33. The summed E-state index contributed by atoms with van der Waals surface area (Å²) in [5.41, 5.74) is 1.27. The molecule has 1 unspecified atom stereocenters. The van der Waals surface area contributed by atoms with Gasteiger partial charge in [-0.3, -0.25) is 9.59 Å². The molecule has 1 aromatic carbocycles. The van der Waals surface area contributed by atoms with E-state index in [2.05, 4.69) is 5.32 Å². The van der Waals surface area contributed by atoms with Crippen LogP contribution in [0.2, 0.25) is 0 Å². The van der Waals surface area contributed by atoms with E-state index in [-0.39, 0.29) is 18.4 Å². The minimum Gasteiger partial charge on any atom is -0.389 e. The van der Waals surface area contributed by atoms with Gasteiger partial charge in [-0.2, -0.15) is 0 Å². The summed E-state index contributed by atoms with van der Waals surface area (Å²) in [6, 6.07) is 7.15. The van der Waals surface area contributed by atoms with E-state index >= 15 is 0 Å². The summed E-state index contributed by atoms with van der Waals surface area (Å²) in [6.45, 7) is 2.38. The first-order chi connectivity index (χ1) is 10.1. The highest BCUT2D eigenvalue weighted by molar-refractivity contribution is 5.95. The molecular formula is C16H22N2O3. The van der Waals surface area contributed by atoms with Crippen LogP contribution in [0.25, 0.3) is 0 Å². The normalized spacial score (nSPS) is 17.2. The predicted octanol–water partition coefficient (Wildman–Crippen LogP) is 2.08. The van der Waals surface area contributed by atoms with E-state index in [4.69, 9.17) is 0 Å². The predicted molar refractivity (Wildman–Crippen MR) is 80.8 cm³/mol. The van der Waals surface area contributed by atoms with E-state index in [1.54, 1.807) is 30.0 Å². The van der Waals surface area contributed by atoms with Gasteiger partial charge in [0.25, 0.3) is 0 Å². The number of likely N-dealkylation sites (tertiary alicyclic amines) is 1. The number of amides is 2. The van der Waals surface area contributed by atoms with Gasteiger partial charge in [0.1, 0.15) is 0 Å². The van der Waals surface area contributed by atoms with Crippen molar-refractivity contribution in [3.8, 4) is 0 Å². The first-order valence-corrected chi connectivity index (χ1v) is 7.42. The molecule has 5 heteroatoms. The standard InChI is InChI=1S/C16H22N2O3/c1-12(19)13-7-4-5-8-14(13)17-15(20)11-18-10-6-2-3-9-16(18)21/h4-5,7-8,12,19H,2-3,6,9-11H2,1H3,(H,17,20). The van der Waals surface area contributed by atoms with E-state index in [0.29, 0.717) is 24.2 Å². The maximum Gasteiger partial charge on any atom is 0.244 e. The number of anilines is 1. The lowest BCUT2D eigenvalue weighted by Crippen LogP contribution is -2.37. The second-order valence-corrected chi connectivity index (χ2v) is 5.44. The van der Waals surface area contributed by atoms with Gasteiger partial charge in [-0.05, 0) is 25.8 Å². The zero-order chi connectivity index (χ0) is 15.2. The van der Waals surface area contributed by atoms with Gasteiger partial charge in [0, 0.05) is 24.2 Å². The third-order valence-electron chi connectivity index (χ3n) is 3.69. The van der Waals surface area contributed by atoms with Gasteiger partial charge in [-0.25, -0.2) is 0 Å². The van der Waals surface area contributed by atoms with Crippen LogP contribution < -0.4 is 5.32 Å². The quantitative estimate of drug-likeness (QED) is 0.892. The van der Waals surface area contributed by atoms with Crippen molar-refractivity contribution in [2.45, 2.75) is 38.7 Å². The Hall–Kier alpha value is -1.88. The summed E-state index contributed by atoms with van der Waals surface area (Å²) >= 11 is 0. The first-order valence-electron chi connectivity index (χ1n) is 7.42. The Labute approximate surface area is 125 Å². The number of benzene rings is 1. The number of nitrogens with one attached hydrogen (secondary N) is 1. The number of aliphatic hydroxyl groups is 1. The van der Waals surface area contributed by atoms with Gasteiger partial charge >= 0.3 is 0 Å². The fourth-order valence-corrected chi connectivity index (χ4v) is 2.54. The second-order valence-electron chi connectivity index (χ2n) is 5.44. The lowest BCUT2D eigenvalue weighted by Gasteiger charge is -2.20. The number of aliphatic hydroxyl groups excluding tert-OH is 1. The number of hydrogen-bond acceptors (Lipinski definition) is 3.